The SMILES string of the molecule is Cc1cc(C)c(NC(=O)CN2CCC3(CCNC3)C2)c(Cl)c1. The molecular weight excluding hydrogens is 298 g/mol. The summed E-state index contributed by atoms with van der Waals surface area (Å²) in [5.41, 5.74) is 3.26. The molecule has 2 heterocycles. The molecule has 0 bridgehead atoms. The van der Waals surface area contributed by atoms with Gasteiger partial charge >= 0.3 is 0 Å². The van der Waals surface area contributed by atoms with Crippen molar-refractivity contribution < 1.29 is 4.79 Å². The Kier molecular flexibility index (Phi) is 4.44. The van der Waals surface area contributed by atoms with Crippen LogP contribution in [0.2, 0.25) is 5.02 Å². The molecule has 5 heteroatoms. The number of nitrogens with one attached hydrogen (secondary N) is 2. The number of hydrogen-bond donors (Lipinski definition) is 2. The third-order valence-electron chi connectivity index (χ3n) is 4.91. The van der Waals surface area contributed by atoms with Gasteiger partial charge in [-0.1, -0.05) is 17.7 Å². The number of aryl methyl sites for hydroxylation is 2. The van der Waals surface area contributed by atoms with Crippen LogP contribution in [0.3, 0.4) is 0 Å². The molecule has 1 spiro atoms. The number of nitrogens with zero attached hydrogens (tertiary/aromatic N) is 1. The van der Waals surface area contributed by atoms with Gasteiger partial charge in [-0.25, -0.2) is 0 Å². The summed E-state index contributed by atoms with van der Waals surface area (Å²) in [5, 5.41) is 7.04. The monoisotopic (exact) mass is 321 g/mol. The lowest BCUT2D eigenvalue weighted by atomic mass is 9.87. The van der Waals surface area contributed by atoms with Crippen LogP contribution in [0, 0.1) is 19.3 Å². The molecular formula is C17H24ClN3O. The summed E-state index contributed by atoms with van der Waals surface area (Å²) in [4.78, 5) is 14.6. The van der Waals surface area contributed by atoms with Gasteiger partial charge in [-0.2, -0.15) is 0 Å². The number of rotatable bonds is 3. The highest BCUT2D eigenvalue weighted by molar-refractivity contribution is 6.34. The van der Waals surface area contributed by atoms with E-state index in [-0.39, 0.29) is 5.91 Å². The molecule has 3 rings (SSSR count). The van der Waals surface area contributed by atoms with Gasteiger partial charge in [0.15, 0.2) is 0 Å². The van der Waals surface area contributed by atoms with Crippen molar-refractivity contribution in [1.82, 2.24) is 10.2 Å². The number of carbonyl (C=O) groups excluding carboxylic acids is 1. The Balaban J connectivity index is 1.59. The van der Waals surface area contributed by atoms with Crippen LogP contribution >= 0.6 is 11.6 Å². The Morgan fingerprint density at radius 1 is 1.41 bits per heavy atom. The highest BCUT2D eigenvalue weighted by Crippen LogP contribution is 2.36. The maximum Gasteiger partial charge on any atom is 0.238 e. The largest absolute Gasteiger partial charge is 0.323 e. The zero-order chi connectivity index (χ0) is 15.7. The van der Waals surface area contributed by atoms with E-state index in [0.29, 0.717) is 17.0 Å². The zero-order valence-electron chi connectivity index (χ0n) is 13.3. The molecule has 1 amide bonds. The van der Waals surface area contributed by atoms with Gasteiger partial charge in [0.1, 0.15) is 0 Å². The fraction of sp³-hybridized carbons (Fsp3) is 0.588. The minimum Gasteiger partial charge on any atom is -0.323 e. The molecule has 2 aliphatic heterocycles. The number of amides is 1. The molecule has 0 radical (unpaired) electrons. The van der Waals surface area contributed by atoms with Gasteiger partial charge in [0.25, 0.3) is 0 Å². The summed E-state index contributed by atoms with van der Waals surface area (Å²) >= 11 is 6.26. The van der Waals surface area contributed by atoms with E-state index < -0.39 is 0 Å². The van der Waals surface area contributed by atoms with Crippen molar-refractivity contribution in [2.45, 2.75) is 26.7 Å². The van der Waals surface area contributed by atoms with Gasteiger partial charge < -0.3 is 10.6 Å². The molecule has 1 aromatic carbocycles. The fourth-order valence-corrected chi connectivity index (χ4v) is 4.13. The first-order chi connectivity index (χ1) is 10.5. The highest BCUT2D eigenvalue weighted by Gasteiger charge is 2.40. The van der Waals surface area contributed by atoms with E-state index in [4.69, 9.17) is 11.6 Å². The molecule has 2 aliphatic rings. The lowest BCUT2D eigenvalue weighted by molar-refractivity contribution is -0.117. The van der Waals surface area contributed by atoms with E-state index in [1.807, 2.05) is 26.0 Å². The van der Waals surface area contributed by atoms with E-state index >= 15 is 0 Å². The topological polar surface area (TPSA) is 44.4 Å². The molecule has 0 aliphatic carbocycles. The van der Waals surface area contributed by atoms with E-state index in [9.17, 15) is 4.79 Å². The first-order valence-electron chi connectivity index (χ1n) is 7.97. The van der Waals surface area contributed by atoms with Crippen molar-refractivity contribution >= 4 is 23.2 Å². The first-order valence-corrected chi connectivity index (χ1v) is 8.35. The number of halogens is 1. The van der Waals surface area contributed by atoms with Crippen LogP contribution in [-0.2, 0) is 4.79 Å². The first kappa shape index (κ1) is 15.8. The fourth-order valence-electron chi connectivity index (χ4n) is 3.76. The summed E-state index contributed by atoms with van der Waals surface area (Å²) in [6, 6.07) is 3.93. The lowest BCUT2D eigenvalue weighted by Crippen LogP contribution is -2.34. The molecule has 120 valence electrons. The molecule has 1 aromatic rings. The van der Waals surface area contributed by atoms with E-state index in [2.05, 4.69) is 15.5 Å². The van der Waals surface area contributed by atoms with Gasteiger partial charge in [-0.15, -0.1) is 0 Å². The van der Waals surface area contributed by atoms with Crippen molar-refractivity contribution in [2.75, 3.05) is 38.0 Å². The standard InChI is InChI=1S/C17H24ClN3O/c1-12-7-13(2)16(14(18)8-12)20-15(22)9-21-6-4-17(11-21)3-5-19-10-17/h7-8,19H,3-6,9-11H2,1-2H3,(H,20,22). The second-order valence-corrected chi connectivity index (χ2v) is 7.28. The van der Waals surface area contributed by atoms with Gasteiger partial charge in [0.05, 0.1) is 17.3 Å². The number of likely N-dealkylation sites (tertiary alicyclic amines) is 1. The van der Waals surface area contributed by atoms with Crippen molar-refractivity contribution in [2.24, 2.45) is 5.41 Å². The number of benzene rings is 1. The van der Waals surface area contributed by atoms with Crippen molar-refractivity contribution in [1.29, 1.82) is 0 Å². The quantitative estimate of drug-likeness (QED) is 0.899. The lowest BCUT2D eigenvalue weighted by Gasteiger charge is -2.22. The minimum atomic E-state index is 0.0249. The molecule has 1 atom stereocenters. The Morgan fingerprint density at radius 3 is 2.91 bits per heavy atom. The summed E-state index contributed by atoms with van der Waals surface area (Å²) in [6.07, 6.45) is 2.42. The number of anilines is 1. The summed E-state index contributed by atoms with van der Waals surface area (Å²) in [6.45, 7) is 8.66. The third kappa shape index (κ3) is 3.29. The maximum absolute atomic E-state index is 12.3. The molecule has 4 nitrogen and oxygen atoms in total. The van der Waals surface area contributed by atoms with Crippen molar-refractivity contribution in [3.63, 3.8) is 0 Å². The van der Waals surface area contributed by atoms with Gasteiger partial charge in [-0.3, -0.25) is 9.69 Å². The van der Waals surface area contributed by atoms with Gasteiger partial charge in [0, 0.05) is 13.1 Å². The Morgan fingerprint density at radius 2 is 2.23 bits per heavy atom. The van der Waals surface area contributed by atoms with E-state index in [1.54, 1.807) is 0 Å². The minimum absolute atomic E-state index is 0.0249. The average molecular weight is 322 g/mol. The van der Waals surface area contributed by atoms with Crippen LogP contribution < -0.4 is 10.6 Å². The summed E-state index contributed by atoms with van der Waals surface area (Å²) in [7, 11) is 0. The normalized spacial score (nSPS) is 25.0. The number of carbonyl (C=O) groups is 1. The van der Waals surface area contributed by atoms with E-state index in [1.165, 1.54) is 12.8 Å². The Hall–Kier alpha value is -1.10. The smallest absolute Gasteiger partial charge is 0.238 e. The Labute approximate surface area is 137 Å². The summed E-state index contributed by atoms with van der Waals surface area (Å²) < 4.78 is 0. The van der Waals surface area contributed by atoms with E-state index in [0.717, 1.165) is 43.0 Å². The zero-order valence-corrected chi connectivity index (χ0v) is 14.1. The third-order valence-corrected chi connectivity index (χ3v) is 5.21. The van der Waals surface area contributed by atoms with Crippen molar-refractivity contribution in [3.8, 4) is 0 Å². The molecule has 2 fully saturated rings. The number of hydrogen-bond acceptors (Lipinski definition) is 3. The second-order valence-electron chi connectivity index (χ2n) is 6.87. The predicted molar refractivity (Wildman–Crippen MR) is 90.5 cm³/mol. The van der Waals surface area contributed by atoms with Gasteiger partial charge in [0.2, 0.25) is 5.91 Å². The summed E-state index contributed by atoms with van der Waals surface area (Å²) in [5.74, 6) is 0.0249. The molecule has 0 saturated carbocycles. The highest BCUT2D eigenvalue weighted by atomic mass is 35.5. The molecule has 2 N–H and O–H groups in total. The Bertz CT molecular complexity index is 558. The molecule has 2 saturated heterocycles. The average Bonchev–Trinajstić information content (AvgIpc) is 3.05. The molecule has 22 heavy (non-hydrogen) atoms. The second kappa shape index (κ2) is 6.19. The van der Waals surface area contributed by atoms with Gasteiger partial charge in [-0.05, 0) is 62.4 Å². The van der Waals surface area contributed by atoms with Crippen LogP contribution in [0.5, 0.6) is 0 Å². The molecule has 1 unspecified atom stereocenters. The van der Waals surface area contributed by atoms with Crippen LogP contribution in [0.25, 0.3) is 0 Å². The van der Waals surface area contributed by atoms with Crippen LogP contribution in [0.1, 0.15) is 24.0 Å². The maximum atomic E-state index is 12.3. The molecule has 0 aromatic heterocycles. The van der Waals surface area contributed by atoms with Crippen LogP contribution in [0.4, 0.5) is 5.69 Å². The van der Waals surface area contributed by atoms with Crippen molar-refractivity contribution in [3.05, 3.63) is 28.3 Å². The van der Waals surface area contributed by atoms with Crippen LogP contribution in [0.15, 0.2) is 12.1 Å². The van der Waals surface area contributed by atoms with Crippen LogP contribution in [-0.4, -0.2) is 43.5 Å². The predicted octanol–water partition coefficient (Wildman–Crippen LogP) is 2.58.